The van der Waals surface area contributed by atoms with E-state index in [1.165, 1.54) is 6.07 Å². The van der Waals surface area contributed by atoms with E-state index in [9.17, 15) is 23.9 Å². The smallest absolute Gasteiger partial charge is 0.349 e. The fraction of sp³-hybridized carbons (Fsp3) is 0.150. The monoisotopic (exact) mass is 385 g/mol. The topological polar surface area (TPSA) is 106 Å². The Bertz CT molecular complexity index is 1060. The summed E-state index contributed by atoms with van der Waals surface area (Å²) in [5, 5.41) is 11.7. The fourth-order valence-corrected chi connectivity index (χ4v) is 2.53. The molecule has 0 radical (unpaired) electrons. The Morgan fingerprint density at radius 1 is 1.14 bits per heavy atom. The first-order chi connectivity index (χ1) is 13.4. The summed E-state index contributed by atoms with van der Waals surface area (Å²) < 4.78 is 23.7. The van der Waals surface area contributed by atoms with Crippen LogP contribution in [0.1, 0.15) is 15.9 Å². The van der Waals surface area contributed by atoms with Crippen molar-refractivity contribution in [1.29, 1.82) is 0 Å². The first-order valence-corrected chi connectivity index (χ1v) is 8.33. The summed E-state index contributed by atoms with van der Waals surface area (Å²) in [6.07, 6.45) is 0. The maximum atomic E-state index is 13.4. The number of hydrogen-bond acceptors (Lipinski definition) is 5. The van der Waals surface area contributed by atoms with Crippen LogP contribution < -0.4 is 10.9 Å². The zero-order valence-corrected chi connectivity index (χ0v) is 14.6. The van der Waals surface area contributed by atoms with E-state index >= 15 is 0 Å². The van der Waals surface area contributed by atoms with Crippen LogP contribution in [0.3, 0.4) is 0 Å². The van der Waals surface area contributed by atoms with Gasteiger partial charge in [0.1, 0.15) is 17.0 Å². The molecule has 1 atom stereocenters. The Labute approximate surface area is 158 Å². The Balaban J connectivity index is 1.71. The highest BCUT2D eigenvalue weighted by atomic mass is 19.1. The first-order valence-electron chi connectivity index (χ1n) is 8.33. The predicted octanol–water partition coefficient (Wildman–Crippen LogP) is 2.33. The van der Waals surface area contributed by atoms with Crippen molar-refractivity contribution < 1.29 is 28.2 Å². The molecule has 0 aliphatic rings. The minimum absolute atomic E-state index is 0.115. The van der Waals surface area contributed by atoms with Crippen LogP contribution >= 0.6 is 0 Å². The summed E-state index contributed by atoms with van der Waals surface area (Å²) in [6, 6.07) is 12.4. The van der Waals surface area contributed by atoms with Gasteiger partial charge in [-0.1, -0.05) is 30.3 Å². The van der Waals surface area contributed by atoms with Crippen LogP contribution in [0.25, 0.3) is 11.0 Å². The highest BCUT2D eigenvalue weighted by Crippen LogP contribution is 2.15. The van der Waals surface area contributed by atoms with Gasteiger partial charge in [-0.2, -0.15) is 0 Å². The van der Waals surface area contributed by atoms with Gasteiger partial charge >= 0.3 is 11.6 Å². The molecule has 8 heteroatoms. The molecule has 144 valence electrons. The van der Waals surface area contributed by atoms with Crippen LogP contribution in [0, 0.1) is 5.82 Å². The number of fused-ring (bicyclic) bond motifs is 1. The number of carbonyl (C=O) groups excluding carboxylic acids is 1. The maximum Gasteiger partial charge on any atom is 0.349 e. The third-order valence-electron chi connectivity index (χ3n) is 3.94. The van der Waals surface area contributed by atoms with Crippen molar-refractivity contribution >= 4 is 22.8 Å². The number of carboxylic acid groups (broad SMARTS) is 1. The lowest BCUT2D eigenvalue weighted by molar-refractivity contribution is -0.141. The molecule has 1 unspecified atom stereocenters. The number of rotatable bonds is 7. The Hall–Kier alpha value is -3.52. The molecule has 0 aliphatic carbocycles. The number of aliphatic carboxylic acids is 1. The lowest BCUT2D eigenvalue weighted by atomic mass is 10.1. The van der Waals surface area contributed by atoms with Gasteiger partial charge in [0, 0.05) is 5.39 Å². The standard InChI is InChI=1S/C20H16FNO6/c21-14-6-7-17-13(8-14)9-15(20(26)28-17)18(23)22-16(19(24)25)11-27-10-12-4-2-1-3-5-12/h1-9,16H,10-11H2,(H,22,23)(H,24,25). The van der Waals surface area contributed by atoms with Crippen LogP contribution in [0.4, 0.5) is 4.39 Å². The van der Waals surface area contributed by atoms with Gasteiger partial charge in [-0.05, 0) is 29.8 Å². The number of ether oxygens (including phenoxy) is 1. The summed E-state index contributed by atoms with van der Waals surface area (Å²) in [5.74, 6) is -2.83. The second-order valence-electron chi connectivity index (χ2n) is 5.99. The first kappa shape index (κ1) is 19.2. The van der Waals surface area contributed by atoms with Gasteiger partial charge in [0.05, 0.1) is 13.2 Å². The highest BCUT2D eigenvalue weighted by molar-refractivity contribution is 5.98. The number of nitrogens with one attached hydrogen (secondary N) is 1. The molecule has 0 bridgehead atoms. The van der Waals surface area contributed by atoms with Crippen molar-refractivity contribution in [3.8, 4) is 0 Å². The molecular formula is C20H16FNO6. The summed E-state index contributed by atoms with van der Waals surface area (Å²) in [5.41, 5.74) is -0.419. The second kappa shape index (κ2) is 8.45. The third-order valence-corrected chi connectivity index (χ3v) is 3.94. The average Bonchev–Trinajstić information content (AvgIpc) is 2.67. The minimum Gasteiger partial charge on any atom is -0.480 e. The molecule has 7 nitrogen and oxygen atoms in total. The lowest BCUT2D eigenvalue weighted by Crippen LogP contribution is -2.45. The zero-order valence-electron chi connectivity index (χ0n) is 14.6. The normalized spacial score (nSPS) is 11.9. The predicted molar refractivity (Wildman–Crippen MR) is 97.4 cm³/mol. The van der Waals surface area contributed by atoms with Crippen molar-refractivity contribution in [1.82, 2.24) is 5.32 Å². The molecule has 2 N–H and O–H groups in total. The Morgan fingerprint density at radius 3 is 2.61 bits per heavy atom. The van der Waals surface area contributed by atoms with Gasteiger partial charge in [-0.15, -0.1) is 0 Å². The van der Waals surface area contributed by atoms with E-state index in [-0.39, 0.29) is 24.2 Å². The highest BCUT2D eigenvalue weighted by Gasteiger charge is 2.23. The van der Waals surface area contributed by atoms with E-state index in [4.69, 9.17) is 9.15 Å². The van der Waals surface area contributed by atoms with Gasteiger partial charge in [-0.3, -0.25) is 4.79 Å². The largest absolute Gasteiger partial charge is 0.480 e. The molecule has 0 spiro atoms. The molecule has 2 aromatic carbocycles. The summed E-state index contributed by atoms with van der Waals surface area (Å²) in [7, 11) is 0. The van der Waals surface area contributed by atoms with Gasteiger partial charge in [-0.25, -0.2) is 14.0 Å². The molecule has 0 saturated carbocycles. The number of benzene rings is 2. The van der Waals surface area contributed by atoms with Crippen molar-refractivity contribution in [2.24, 2.45) is 0 Å². The maximum absolute atomic E-state index is 13.4. The van der Waals surface area contributed by atoms with Crippen molar-refractivity contribution in [2.45, 2.75) is 12.6 Å². The van der Waals surface area contributed by atoms with Crippen LogP contribution in [-0.4, -0.2) is 29.6 Å². The molecule has 1 heterocycles. The number of hydrogen-bond donors (Lipinski definition) is 2. The Morgan fingerprint density at radius 2 is 1.89 bits per heavy atom. The molecular weight excluding hydrogens is 369 g/mol. The SMILES string of the molecule is O=C(NC(COCc1ccccc1)C(=O)O)c1cc2cc(F)ccc2oc1=O. The van der Waals surface area contributed by atoms with Crippen molar-refractivity contribution in [2.75, 3.05) is 6.61 Å². The van der Waals surface area contributed by atoms with Gasteiger partial charge in [0.2, 0.25) is 0 Å². The van der Waals surface area contributed by atoms with Crippen LogP contribution in [0.5, 0.6) is 0 Å². The van der Waals surface area contributed by atoms with Gasteiger partial charge in [0.25, 0.3) is 5.91 Å². The molecule has 0 saturated heterocycles. The lowest BCUT2D eigenvalue weighted by Gasteiger charge is -2.14. The van der Waals surface area contributed by atoms with E-state index in [1.807, 2.05) is 30.3 Å². The van der Waals surface area contributed by atoms with E-state index in [2.05, 4.69) is 5.32 Å². The quantitative estimate of drug-likeness (QED) is 0.605. The fourth-order valence-electron chi connectivity index (χ4n) is 2.53. The average molecular weight is 385 g/mol. The van der Waals surface area contributed by atoms with E-state index < -0.39 is 34.9 Å². The van der Waals surface area contributed by atoms with Crippen LogP contribution in [0.15, 0.2) is 63.8 Å². The van der Waals surface area contributed by atoms with Crippen molar-refractivity contribution in [3.63, 3.8) is 0 Å². The number of carboxylic acids is 1. The number of amides is 1. The van der Waals surface area contributed by atoms with E-state index in [0.29, 0.717) is 0 Å². The molecule has 3 aromatic rings. The van der Waals surface area contributed by atoms with Crippen molar-refractivity contribution in [3.05, 3.63) is 82.0 Å². The van der Waals surface area contributed by atoms with E-state index in [1.54, 1.807) is 0 Å². The number of carbonyl (C=O) groups is 2. The third kappa shape index (κ3) is 4.60. The molecule has 3 rings (SSSR count). The summed E-state index contributed by atoms with van der Waals surface area (Å²) in [6.45, 7) is -0.138. The molecule has 1 aromatic heterocycles. The second-order valence-corrected chi connectivity index (χ2v) is 5.99. The Kier molecular flexibility index (Phi) is 5.81. The molecule has 0 fully saturated rings. The van der Waals surface area contributed by atoms with Crippen LogP contribution in [0.2, 0.25) is 0 Å². The van der Waals surface area contributed by atoms with Gasteiger partial charge in [0.15, 0.2) is 6.04 Å². The summed E-state index contributed by atoms with van der Waals surface area (Å²) in [4.78, 5) is 35.8. The van der Waals surface area contributed by atoms with Gasteiger partial charge < -0.3 is 19.6 Å². The molecule has 1 amide bonds. The summed E-state index contributed by atoms with van der Waals surface area (Å²) >= 11 is 0. The molecule has 28 heavy (non-hydrogen) atoms. The van der Waals surface area contributed by atoms with Crippen LogP contribution in [-0.2, 0) is 16.1 Å². The zero-order chi connectivity index (χ0) is 20.1. The molecule has 0 aliphatic heterocycles. The number of halogens is 1. The van der Waals surface area contributed by atoms with E-state index in [0.717, 1.165) is 23.8 Å². The minimum atomic E-state index is -1.38.